The summed E-state index contributed by atoms with van der Waals surface area (Å²) in [6.45, 7) is 2.27. The molecule has 3 unspecified atom stereocenters. The average molecular weight is 378 g/mol. The van der Waals surface area contributed by atoms with Gasteiger partial charge in [-0.2, -0.15) is 0 Å². The maximum absolute atomic E-state index is 13.4. The predicted molar refractivity (Wildman–Crippen MR) is 81.6 cm³/mol. The standard InChI is InChI=1S/C15H19Br2F/c1-2-10-3-4-15(17)12(5-10)6-11-7-13(16)9-14(18)8-11/h7-10,12,15H,2-6H2,1H3. The number of hydrogen-bond acceptors (Lipinski definition) is 0. The summed E-state index contributed by atoms with van der Waals surface area (Å²) in [5.74, 6) is 1.34. The van der Waals surface area contributed by atoms with Crippen molar-refractivity contribution in [3.63, 3.8) is 0 Å². The van der Waals surface area contributed by atoms with E-state index in [2.05, 4.69) is 38.8 Å². The Kier molecular flexibility index (Phi) is 5.25. The van der Waals surface area contributed by atoms with Crippen LogP contribution in [0.25, 0.3) is 0 Å². The van der Waals surface area contributed by atoms with Crippen LogP contribution < -0.4 is 0 Å². The van der Waals surface area contributed by atoms with Crippen LogP contribution in [-0.4, -0.2) is 4.83 Å². The zero-order valence-electron chi connectivity index (χ0n) is 10.6. The minimum absolute atomic E-state index is 0.145. The van der Waals surface area contributed by atoms with Crippen molar-refractivity contribution in [1.29, 1.82) is 0 Å². The van der Waals surface area contributed by atoms with E-state index in [0.29, 0.717) is 10.7 Å². The molecule has 0 bridgehead atoms. The van der Waals surface area contributed by atoms with Gasteiger partial charge in [0.15, 0.2) is 0 Å². The summed E-state index contributed by atoms with van der Waals surface area (Å²) in [5.41, 5.74) is 1.10. The second-order valence-corrected chi connectivity index (χ2v) is 7.44. The van der Waals surface area contributed by atoms with Gasteiger partial charge in [-0.05, 0) is 61.3 Å². The van der Waals surface area contributed by atoms with Crippen LogP contribution in [0.4, 0.5) is 4.39 Å². The predicted octanol–water partition coefficient (Wildman–Crippen LogP) is 5.72. The molecule has 0 spiro atoms. The van der Waals surface area contributed by atoms with Crippen molar-refractivity contribution >= 4 is 31.9 Å². The topological polar surface area (TPSA) is 0 Å². The SMILES string of the molecule is CCC1CCC(Br)C(Cc2cc(F)cc(Br)c2)C1. The highest BCUT2D eigenvalue weighted by atomic mass is 79.9. The van der Waals surface area contributed by atoms with Crippen molar-refractivity contribution < 1.29 is 4.39 Å². The third-order valence-electron chi connectivity index (χ3n) is 4.00. The van der Waals surface area contributed by atoms with E-state index in [1.165, 1.54) is 31.7 Å². The van der Waals surface area contributed by atoms with Gasteiger partial charge in [0.2, 0.25) is 0 Å². The van der Waals surface area contributed by atoms with Crippen LogP contribution in [0, 0.1) is 17.7 Å². The maximum Gasteiger partial charge on any atom is 0.124 e. The first kappa shape index (κ1) is 14.5. The molecular formula is C15H19Br2F. The Labute approximate surface area is 126 Å². The number of alkyl halides is 1. The van der Waals surface area contributed by atoms with E-state index < -0.39 is 0 Å². The van der Waals surface area contributed by atoms with Crippen molar-refractivity contribution in [2.45, 2.75) is 43.9 Å². The molecule has 0 heterocycles. The third-order valence-corrected chi connectivity index (χ3v) is 5.66. The van der Waals surface area contributed by atoms with Crippen molar-refractivity contribution in [2.24, 2.45) is 11.8 Å². The van der Waals surface area contributed by atoms with E-state index in [-0.39, 0.29) is 5.82 Å². The number of halogens is 3. The van der Waals surface area contributed by atoms with Crippen molar-refractivity contribution in [1.82, 2.24) is 0 Å². The van der Waals surface area contributed by atoms with E-state index >= 15 is 0 Å². The molecule has 0 radical (unpaired) electrons. The lowest BCUT2D eigenvalue weighted by Crippen LogP contribution is -2.26. The molecule has 1 aliphatic rings. The van der Waals surface area contributed by atoms with E-state index in [9.17, 15) is 4.39 Å². The molecule has 1 aliphatic carbocycles. The second kappa shape index (κ2) is 6.51. The monoisotopic (exact) mass is 376 g/mol. The molecule has 2 rings (SSSR count). The Morgan fingerprint density at radius 1 is 1.28 bits per heavy atom. The molecule has 3 atom stereocenters. The minimum Gasteiger partial charge on any atom is -0.207 e. The van der Waals surface area contributed by atoms with Gasteiger partial charge in [-0.25, -0.2) is 4.39 Å². The Hall–Kier alpha value is 0.110. The lowest BCUT2D eigenvalue weighted by Gasteiger charge is -2.33. The first-order valence-corrected chi connectivity index (χ1v) is 8.38. The fourth-order valence-corrected chi connectivity index (χ4v) is 4.12. The van der Waals surface area contributed by atoms with Crippen LogP contribution in [0.1, 0.15) is 38.2 Å². The van der Waals surface area contributed by atoms with E-state index in [1.54, 1.807) is 6.07 Å². The molecular weight excluding hydrogens is 359 g/mol. The number of benzene rings is 1. The molecule has 0 saturated heterocycles. The summed E-state index contributed by atoms with van der Waals surface area (Å²) in [5, 5.41) is 0. The molecule has 100 valence electrons. The highest BCUT2D eigenvalue weighted by Gasteiger charge is 2.28. The van der Waals surface area contributed by atoms with Gasteiger partial charge >= 0.3 is 0 Å². The first-order valence-electron chi connectivity index (χ1n) is 6.67. The van der Waals surface area contributed by atoms with Crippen molar-refractivity contribution in [3.8, 4) is 0 Å². The van der Waals surface area contributed by atoms with Crippen LogP contribution in [0.15, 0.2) is 22.7 Å². The molecule has 0 amide bonds. The Morgan fingerprint density at radius 2 is 2.06 bits per heavy atom. The van der Waals surface area contributed by atoms with Crippen molar-refractivity contribution in [3.05, 3.63) is 34.1 Å². The van der Waals surface area contributed by atoms with Gasteiger partial charge in [-0.1, -0.05) is 45.2 Å². The van der Waals surface area contributed by atoms with Crippen LogP contribution in [-0.2, 0) is 6.42 Å². The maximum atomic E-state index is 13.4. The number of hydrogen-bond donors (Lipinski definition) is 0. The third kappa shape index (κ3) is 3.80. The highest BCUT2D eigenvalue weighted by molar-refractivity contribution is 9.10. The highest BCUT2D eigenvalue weighted by Crippen LogP contribution is 2.37. The van der Waals surface area contributed by atoms with Gasteiger partial charge in [0, 0.05) is 9.30 Å². The fourth-order valence-electron chi connectivity index (χ4n) is 2.94. The fraction of sp³-hybridized carbons (Fsp3) is 0.600. The summed E-state index contributed by atoms with van der Waals surface area (Å²) in [6.07, 6.45) is 6.09. The largest absolute Gasteiger partial charge is 0.207 e. The molecule has 0 nitrogen and oxygen atoms in total. The molecule has 3 heteroatoms. The lowest BCUT2D eigenvalue weighted by molar-refractivity contribution is 0.271. The molecule has 18 heavy (non-hydrogen) atoms. The van der Waals surface area contributed by atoms with Crippen molar-refractivity contribution in [2.75, 3.05) is 0 Å². The summed E-state index contributed by atoms with van der Waals surface area (Å²) >= 11 is 7.17. The van der Waals surface area contributed by atoms with Gasteiger partial charge < -0.3 is 0 Å². The summed E-state index contributed by atoms with van der Waals surface area (Å²) in [4.78, 5) is 0.586. The molecule has 0 aliphatic heterocycles. The molecule has 0 aromatic heterocycles. The first-order chi connectivity index (χ1) is 8.58. The summed E-state index contributed by atoms with van der Waals surface area (Å²) < 4.78 is 14.2. The van der Waals surface area contributed by atoms with Crippen LogP contribution in [0.5, 0.6) is 0 Å². The smallest absolute Gasteiger partial charge is 0.124 e. The van der Waals surface area contributed by atoms with E-state index in [0.717, 1.165) is 22.4 Å². The van der Waals surface area contributed by atoms with Gasteiger partial charge in [0.1, 0.15) is 5.82 Å². The molecule has 0 N–H and O–H groups in total. The zero-order valence-corrected chi connectivity index (χ0v) is 13.8. The number of rotatable bonds is 3. The van der Waals surface area contributed by atoms with E-state index in [1.807, 2.05) is 6.07 Å². The average Bonchev–Trinajstić information content (AvgIpc) is 2.30. The second-order valence-electron chi connectivity index (χ2n) is 5.35. The lowest BCUT2D eigenvalue weighted by atomic mass is 9.77. The van der Waals surface area contributed by atoms with Crippen LogP contribution in [0.2, 0.25) is 0 Å². The minimum atomic E-state index is -0.145. The van der Waals surface area contributed by atoms with Gasteiger partial charge in [-0.15, -0.1) is 0 Å². The Balaban J connectivity index is 2.06. The molecule has 1 aromatic carbocycles. The Morgan fingerprint density at radius 3 is 2.72 bits per heavy atom. The zero-order chi connectivity index (χ0) is 13.1. The quantitative estimate of drug-likeness (QED) is 0.591. The normalized spacial score (nSPS) is 28.3. The van der Waals surface area contributed by atoms with Gasteiger partial charge in [-0.3, -0.25) is 0 Å². The molecule has 1 saturated carbocycles. The van der Waals surface area contributed by atoms with Gasteiger partial charge in [0.25, 0.3) is 0 Å². The Bertz CT molecular complexity index is 385. The van der Waals surface area contributed by atoms with Crippen LogP contribution >= 0.6 is 31.9 Å². The summed E-state index contributed by atoms with van der Waals surface area (Å²) in [7, 11) is 0. The van der Waals surface area contributed by atoms with E-state index in [4.69, 9.17) is 0 Å². The molecule has 1 fully saturated rings. The van der Waals surface area contributed by atoms with Crippen LogP contribution in [0.3, 0.4) is 0 Å². The van der Waals surface area contributed by atoms with Gasteiger partial charge in [0.05, 0.1) is 0 Å². The summed E-state index contributed by atoms with van der Waals surface area (Å²) in [6, 6.07) is 5.23. The molecule has 1 aromatic rings.